The molecule has 2 saturated heterocycles. The third-order valence-corrected chi connectivity index (χ3v) is 10.3. The number of hydrogen-bond donors (Lipinski definition) is 3. The highest BCUT2D eigenvalue weighted by atomic mass is 16.5. The summed E-state index contributed by atoms with van der Waals surface area (Å²) in [6.07, 6.45) is 4.94. The standard InChI is InChI=1S/C41H48N8O6/c1-24(2)30(23-43-40(52)54-5)38(50)48-19-8-10-34(48)37-45-31-18-16-28(21-32(31)46-37)27-14-11-26(12-15-27)13-17-29-22-42-36(44-29)33-9-7-20-49(33)39(51)35(25(3)4)47-41(53)55-6/h11-12,14-16,18,21-25,30,33-35H,7-10,19-20H2,1-6H3,(H,42,44)(H,45,46)(H,47,53). The zero-order chi connectivity index (χ0) is 39.2. The molecule has 4 atom stereocenters. The van der Waals surface area contributed by atoms with E-state index in [4.69, 9.17) is 9.72 Å². The lowest BCUT2D eigenvalue weighted by molar-refractivity contribution is -0.136. The van der Waals surface area contributed by atoms with Crippen molar-refractivity contribution in [2.24, 2.45) is 22.7 Å². The third kappa shape index (κ3) is 8.72. The van der Waals surface area contributed by atoms with Crippen molar-refractivity contribution in [2.45, 2.75) is 71.5 Å². The van der Waals surface area contributed by atoms with Crippen LogP contribution in [0.5, 0.6) is 0 Å². The number of benzene rings is 2. The van der Waals surface area contributed by atoms with Gasteiger partial charge < -0.3 is 34.6 Å². The number of aromatic nitrogens is 4. The highest BCUT2D eigenvalue weighted by Crippen LogP contribution is 2.35. The number of nitrogens with zero attached hydrogens (tertiary/aromatic N) is 5. The van der Waals surface area contributed by atoms with Crippen molar-refractivity contribution in [3.8, 4) is 23.0 Å². The van der Waals surface area contributed by atoms with Gasteiger partial charge in [-0.15, -0.1) is 0 Å². The number of methoxy groups -OCH3 is 2. The van der Waals surface area contributed by atoms with E-state index in [1.165, 1.54) is 20.4 Å². The third-order valence-electron chi connectivity index (χ3n) is 10.3. The van der Waals surface area contributed by atoms with E-state index < -0.39 is 24.1 Å². The summed E-state index contributed by atoms with van der Waals surface area (Å²) in [6, 6.07) is 12.9. The Morgan fingerprint density at radius 3 is 2.18 bits per heavy atom. The number of hydrogen-bond acceptors (Lipinski definition) is 8. The second kappa shape index (κ2) is 17.0. The van der Waals surface area contributed by atoms with E-state index >= 15 is 0 Å². The number of nitrogens with one attached hydrogen (secondary N) is 3. The number of carbonyl (C=O) groups excluding carboxylic acids is 4. The zero-order valence-electron chi connectivity index (χ0n) is 32.1. The van der Waals surface area contributed by atoms with Gasteiger partial charge in [0, 0.05) is 24.9 Å². The predicted octanol–water partition coefficient (Wildman–Crippen LogP) is 6.17. The van der Waals surface area contributed by atoms with Crippen LogP contribution in [0.2, 0.25) is 0 Å². The summed E-state index contributed by atoms with van der Waals surface area (Å²) in [7, 11) is 2.54. The van der Waals surface area contributed by atoms with Crippen LogP contribution < -0.4 is 5.32 Å². The molecule has 0 aliphatic carbocycles. The Hall–Kier alpha value is -5.97. The molecule has 3 N–H and O–H groups in total. The molecule has 4 unspecified atom stereocenters. The number of carbonyl (C=O) groups is 4. The van der Waals surface area contributed by atoms with Gasteiger partial charge in [0.2, 0.25) is 11.8 Å². The number of ether oxygens (including phenoxy) is 2. The van der Waals surface area contributed by atoms with Gasteiger partial charge in [0.05, 0.1) is 49.5 Å². The molecule has 4 amide bonds. The quantitative estimate of drug-likeness (QED) is 0.135. The van der Waals surface area contributed by atoms with Gasteiger partial charge in [-0.05, 0) is 78.8 Å². The molecule has 14 nitrogen and oxygen atoms in total. The molecule has 2 aromatic heterocycles. The Kier molecular flexibility index (Phi) is 12.0. The lowest BCUT2D eigenvalue weighted by Crippen LogP contribution is -2.51. The number of fused-ring (bicyclic) bond motifs is 1. The maximum Gasteiger partial charge on any atom is 0.432 e. The Morgan fingerprint density at radius 1 is 0.855 bits per heavy atom. The van der Waals surface area contributed by atoms with E-state index in [1.807, 2.05) is 69.0 Å². The van der Waals surface area contributed by atoms with Crippen LogP contribution in [-0.2, 0) is 19.1 Å². The number of amides is 4. The van der Waals surface area contributed by atoms with Gasteiger partial charge in [-0.3, -0.25) is 9.59 Å². The van der Waals surface area contributed by atoms with Crippen molar-refractivity contribution in [3.63, 3.8) is 0 Å². The van der Waals surface area contributed by atoms with Crippen LogP contribution in [0.25, 0.3) is 22.2 Å². The Morgan fingerprint density at radius 2 is 1.53 bits per heavy atom. The van der Waals surface area contributed by atoms with Crippen LogP contribution >= 0.6 is 0 Å². The fourth-order valence-corrected chi connectivity index (χ4v) is 7.24. The first kappa shape index (κ1) is 38.7. The molecular weight excluding hydrogens is 701 g/mol. The molecule has 14 heteroatoms. The van der Waals surface area contributed by atoms with Gasteiger partial charge in [0.15, 0.2) is 0 Å². The number of alkyl carbamates (subject to hydrolysis) is 1. The second-order valence-corrected chi connectivity index (χ2v) is 14.6. The maximum atomic E-state index is 13.6. The number of imidazole rings is 2. The highest BCUT2D eigenvalue weighted by Gasteiger charge is 2.38. The molecule has 4 heterocycles. The summed E-state index contributed by atoms with van der Waals surface area (Å²) in [5.74, 6) is 6.81. The monoisotopic (exact) mass is 748 g/mol. The average molecular weight is 749 g/mol. The summed E-state index contributed by atoms with van der Waals surface area (Å²) in [5, 5.41) is 2.67. The molecule has 0 bridgehead atoms. The van der Waals surface area contributed by atoms with E-state index in [9.17, 15) is 19.2 Å². The molecule has 55 heavy (non-hydrogen) atoms. The minimum atomic E-state index is -0.729. The summed E-state index contributed by atoms with van der Waals surface area (Å²) < 4.78 is 9.36. The molecule has 2 fully saturated rings. The number of H-pyrrole nitrogens is 2. The molecule has 0 spiro atoms. The van der Waals surface area contributed by atoms with Gasteiger partial charge in [-0.25, -0.2) is 19.6 Å². The van der Waals surface area contributed by atoms with E-state index in [0.29, 0.717) is 24.6 Å². The summed E-state index contributed by atoms with van der Waals surface area (Å²) in [4.78, 5) is 74.2. The molecule has 0 radical (unpaired) electrons. The zero-order valence-corrected chi connectivity index (χ0v) is 32.1. The summed E-state index contributed by atoms with van der Waals surface area (Å²) in [6.45, 7) is 8.82. The summed E-state index contributed by atoms with van der Waals surface area (Å²) in [5.41, 5.74) is 5.19. The van der Waals surface area contributed by atoms with Crippen LogP contribution in [0, 0.1) is 29.6 Å². The molecule has 4 aromatic rings. The lowest BCUT2D eigenvalue weighted by Gasteiger charge is -2.29. The van der Waals surface area contributed by atoms with Crippen LogP contribution in [0.15, 0.2) is 53.7 Å². The first-order valence-corrected chi connectivity index (χ1v) is 18.7. The molecule has 2 aliphatic heterocycles. The van der Waals surface area contributed by atoms with Crippen molar-refractivity contribution in [1.29, 1.82) is 0 Å². The van der Waals surface area contributed by atoms with Crippen molar-refractivity contribution in [3.05, 3.63) is 71.6 Å². The van der Waals surface area contributed by atoms with Crippen LogP contribution in [0.1, 0.15) is 88.4 Å². The number of aromatic amines is 2. The van der Waals surface area contributed by atoms with Crippen LogP contribution in [0.4, 0.5) is 9.59 Å². The number of rotatable bonds is 9. The number of likely N-dealkylation sites (tertiary alicyclic amines) is 2. The van der Waals surface area contributed by atoms with Gasteiger partial charge in [0.25, 0.3) is 0 Å². The van der Waals surface area contributed by atoms with Gasteiger partial charge in [0.1, 0.15) is 23.4 Å². The normalized spacial score (nSPS) is 18.1. The molecular formula is C41H48N8O6. The predicted molar refractivity (Wildman–Crippen MR) is 207 cm³/mol. The van der Waals surface area contributed by atoms with E-state index in [2.05, 4.69) is 47.9 Å². The Labute approximate surface area is 320 Å². The molecule has 6 rings (SSSR count). The topological polar surface area (TPSA) is 175 Å². The van der Waals surface area contributed by atoms with Gasteiger partial charge >= 0.3 is 12.2 Å². The van der Waals surface area contributed by atoms with E-state index in [0.717, 1.165) is 59.2 Å². The Bertz CT molecular complexity index is 2120. The van der Waals surface area contributed by atoms with Crippen molar-refractivity contribution in [2.75, 3.05) is 27.3 Å². The molecule has 0 saturated carbocycles. The van der Waals surface area contributed by atoms with Crippen LogP contribution in [0.3, 0.4) is 0 Å². The largest absolute Gasteiger partial charge is 0.453 e. The SMILES string of the molecule is COC(=O)N=CC(C(=O)N1CCCC1c1nc2ccc(-c3ccc(C#Cc4cnc(C5CCCN5C(=O)C(NC(=O)OC)C(C)C)[nH]4)cc3)cc2[nH]1)C(C)C. The smallest absolute Gasteiger partial charge is 0.432 e. The molecule has 2 aliphatic rings. The molecule has 288 valence electrons. The molecule has 2 aromatic carbocycles. The van der Waals surface area contributed by atoms with Gasteiger partial charge in [-0.1, -0.05) is 51.8 Å². The first-order valence-electron chi connectivity index (χ1n) is 18.7. The van der Waals surface area contributed by atoms with E-state index in [1.54, 1.807) is 11.1 Å². The minimum Gasteiger partial charge on any atom is -0.453 e. The minimum absolute atomic E-state index is 0.0504. The van der Waals surface area contributed by atoms with Crippen molar-refractivity contribution < 1.29 is 28.7 Å². The first-order chi connectivity index (χ1) is 26.5. The van der Waals surface area contributed by atoms with Crippen molar-refractivity contribution >= 4 is 41.2 Å². The van der Waals surface area contributed by atoms with Gasteiger partial charge in [-0.2, -0.15) is 4.99 Å². The van der Waals surface area contributed by atoms with Crippen LogP contribution in [-0.4, -0.2) is 93.3 Å². The lowest BCUT2D eigenvalue weighted by atomic mass is 9.95. The van der Waals surface area contributed by atoms with E-state index in [-0.39, 0.29) is 35.7 Å². The number of aliphatic imine (C=N–C) groups is 1. The fourth-order valence-electron chi connectivity index (χ4n) is 7.24. The highest BCUT2D eigenvalue weighted by molar-refractivity contribution is 5.97. The Balaban J connectivity index is 1.12. The second-order valence-electron chi connectivity index (χ2n) is 14.6. The maximum absolute atomic E-state index is 13.6. The summed E-state index contributed by atoms with van der Waals surface area (Å²) >= 11 is 0. The van der Waals surface area contributed by atoms with Crippen molar-refractivity contribution in [1.82, 2.24) is 35.1 Å². The average Bonchev–Trinajstić information content (AvgIpc) is 4.01. The fraction of sp³-hybridized carbons (Fsp3) is 0.439.